The molecule has 0 saturated heterocycles. The molecule has 100 valence electrons. The number of rotatable bonds is 5. The Balaban J connectivity index is 3.01. The van der Waals surface area contributed by atoms with E-state index in [4.69, 9.17) is 10.5 Å². The monoisotopic (exact) mass is 270 g/mol. The second kappa shape index (κ2) is 5.88. The smallest absolute Gasteiger partial charge is 0.244 e. The zero-order valence-corrected chi connectivity index (χ0v) is 11.5. The average Bonchev–Trinajstić information content (AvgIpc) is 2.27. The summed E-state index contributed by atoms with van der Waals surface area (Å²) in [6.07, 6.45) is 1.79. The van der Waals surface area contributed by atoms with Crippen molar-refractivity contribution in [2.75, 3.05) is 19.4 Å². The lowest BCUT2D eigenvalue weighted by Crippen LogP contribution is -2.24. The first-order valence-electron chi connectivity index (χ1n) is 5.43. The maximum atomic E-state index is 12.0. The number of sulfonamides is 1. The zero-order chi connectivity index (χ0) is 13.8. The van der Waals surface area contributed by atoms with Crippen molar-refractivity contribution in [1.29, 1.82) is 0 Å². The van der Waals surface area contributed by atoms with Crippen molar-refractivity contribution in [3.63, 3.8) is 0 Å². The predicted octanol–water partition coefficient (Wildman–Crippen LogP) is 1.52. The van der Waals surface area contributed by atoms with Gasteiger partial charge in [-0.15, -0.1) is 0 Å². The summed E-state index contributed by atoms with van der Waals surface area (Å²) in [7, 11) is -2.18. The molecule has 0 aromatic heterocycles. The molecule has 0 aliphatic heterocycles. The maximum Gasteiger partial charge on any atom is 0.244 e. The van der Waals surface area contributed by atoms with E-state index in [1.165, 1.54) is 25.3 Å². The highest BCUT2D eigenvalue weighted by molar-refractivity contribution is 7.89. The molecular weight excluding hydrogens is 252 g/mol. The van der Waals surface area contributed by atoms with Gasteiger partial charge in [0.15, 0.2) is 0 Å². The molecule has 0 spiro atoms. The van der Waals surface area contributed by atoms with Gasteiger partial charge in [0.25, 0.3) is 0 Å². The lowest BCUT2D eigenvalue weighted by atomic mass is 10.3. The third-order valence-electron chi connectivity index (χ3n) is 2.26. The number of hydrogen-bond donors (Lipinski definition) is 2. The largest absolute Gasteiger partial charge is 0.495 e. The Morgan fingerprint density at radius 3 is 2.67 bits per heavy atom. The minimum atomic E-state index is -3.59. The molecule has 0 saturated carbocycles. The van der Waals surface area contributed by atoms with Crippen LogP contribution in [0, 0.1) is 0 Å². The number of nitrogen functional groups attached to an aromatic ring is 1. The van der Waals surface area contributed by atoms with Gasteiger partial charge in [0.1, 0.15) is 10.6 Å². The summed E-state index contributed by atoms with van der Waals surface area (Å²) in [6, 6.07) is 4.44. The van der Waals surface area contributed by atoms with Crippen LogP contribution in [0.3, 0.4) is 0 Å². The highest BCUT2D eigenvalue weighted by Crippen LogP contribution is 2.25. The summed E-state index contributed by atoms with van der Waals surface area (Å²) < 4.78 is 31.6. The molecule has 0 atom stereocenters. The Morgan fingerprint density at radius 2 is 2.11 bits per heavy atom. The van der Waals surface area contributed by atoms with Gasteiger partial charge in [-0.1, -0.05) is 11.6 Å². The van der Waals surface area contributed by atoms with E-state index >= 15 is 0 Å². The number of nitrogens with two attached hydrogens (primary N) is 1. The Labute approximate surface area is 108 Å². The van der Waals surface area contributed by atoms with Crippen LogP contribution in [0.2, 0.25) is 0 Å². The Kier molecular flexibility index (Phi) is 4.75. The van der Waals surface area contributed by atoms with Gasteiger partial charge in [0.05, 0.1) is 7.11 Å². The van der Waals surface area contributed by atoms with Crippen molar-refractivity contribution in [2.24, 2.45) is 0 Å². The minimum Gasteiger partial charge on any atom is -0.495 e. The van der Waals surface area contributed by atoms with Gasteiger partial charge in [-0.25, -0.2) is 13.1 Å². The summed E-state index contributed by atoms with van der Waals surface area (Å²) in [5.41, 5.74) is 7.08. The van der Waals surface area contributed by atoms with Crippen LogP contribution in [-0.2, 0) is 10.0 Å². The second-order valence-corrected chi connectivity index (χ2v) is 5.78. The normalized spacial score (nSPS) is 11.1. The first-order chi connectivity index (χ1) is 8.36. The van der Waals surface area contributed by atoms with Gasteiger partial charge in [-0.3, -0.25) is 0 Å². The third kappa shape index (κ3) is 3.75. The van der Waals surface area contributed by atoms with E-state index in [2.05, 4.69) is 4.72 Å². The average molecular weight is 270 g/mol. The van der Waals surface area contributed by atoms with Crippen molar-refractivity contribution < 1.29 is 13.2 Å². The van der Waals surface area contributed by atoms with Crippen molar-refractivity contribution in [3.8, 4) is 5.75 Å². The summed E-state index contributed by atoms with van der Waals surface area (Å²) in [6.45, 7) is 4.05. The van der Waals surface area contributed by atoms with Crippen molar-refractivity contribution in [3.05, 3.63) is 29.8 Å². The molecule has 1 aromatic rings. The summed E-state index contributed by atoms with van der Waals surface area (Å²) in [5, 5.41) is 0. The van der Waals surface area contributed by atoms with E-state index in [-0.39, 0.29) is 17.2 Å². The molecule has 0 radical (unpaired) electrons. The van der Waals surface area contributed by atoms with E-state index in [1.807, 2.05) is 13.8 Å². The van der Waals surface area contributed by atoms with E-state index in [1.54, 1.807) is 6.08 Å². The van der Waals surface area contributed by atoms with Crippen LogP contribution in [-0.4, -0.2) is 22.1 Å². The quantitative estimate of drug-likeness (QED) is 0.628. The molecule has 0 amide bonds. The molecule has 3 N–H and O–H groups in total. The standard InChI is InChI=1S/C12H18N2O3S/c1-9(2)6-7-14-18(15,16)12-5-4-10(13)8-11(12)17-3/h4-6,8,14H,7,13H2,1-3H3. The lowest BCUT2D eigenvalue weighted by molar-refractivity contribution is 0.402. The Bertz CT molecular complexity index is 546. The number of anilines is 1. The summed E-state index contributed by atoms with van der Waals surface area (Å²) in [4.78, 5) is 0.0846. The minimum absolute atomic E-state index is 0.0846. The van der Waals surface area contributed by atoms with Crippen LogP contribution in [0.5, 0.6) is 5.75 Å². The molecule has 0 heterocycles. The van der Waals surface area contributed by atoms with Gasteiger partial charge >= 0.3 is 0 Å². The van der Waals surface area contributed by atoms with Gasteiger partial charge in [0.2, 0.25) is 10.0 Å². The van der Waals surface area contributed by atoms with Crippen molar-refractivity contribution in [2.45, 2.75) is 18.7 Å². The van der Waals surface area contributed by atoms with Crippen LogP contribution in [0.25, 0.3) is 0 Å². The fraction of sp³-hybridized carbons (Fsp3) is 0.333. The molecule has 0 fully saturated rings. The van der Waals surface area contributed by atoms with E-state index in [0.717, 1.165) is 5.57 Å². The third-order valence-corrected chi connectivity index (χ3v) is 3.72. The second-order valence-electron chi connectivity index (χ2n) is 4.04. The maximum absolute atomic E-state index is 12.0. The molecule has 1 rings (SSSR count). The van der Waals surface area contributed by atoms with E-state index in [9.17, 15) is 8.42 Å². The SMILES string of the molecule is COc1cc(N)ccc1S(=O)(=O)NCC=C(C)C. The first kappa shape index (κ1) is 14.5. The van der Waals surface area contributed by atoms with Crippen LogP contribution < -0.4 is 15.2 Å². The first-order valence-corrected chi connectivity index (χ1v) is 6.91. The summed E-state index contributed by atoms with van der Waals surface area (Å²) in [5.74, 6) is 0.236. The fourth-order valence-corrected chi connectivity index (χ4v) is 2.45. The van der Waals surface area contributed by atoms with Gasteiger partial charge in [-0.2, -0.15) is 0 Å². The molecule has 0 bridgehead atoms. The van der Waals surface area contributed by atoms with Crippen molar-refractivity contribution in [1.82, 2.24) is 4.72 Å². The zero-order valence-electron chi connectivity index (χ0n) is 10.7. The highest BCUT2D eigenvalue weighted by atomic mass is 32.2. The molecule has 18 heavy (non-hydrogen) atoms. The molecule has 0 aliphatic rings. The van der Waals surface area contributed by atoms with Crippen molar-refractivity contribution >= 4 is 15.7 Å². The van der Waals surface area contributed by atoms with Gasteiger partial charge in [0, 0.05) is 18.3 Å². The van der Waals surface area contributed by atoms with E-state index < -0.39 is 10.0 Å². The molecule has 1 aromatic carbocycles. The number of benzene rings is 1. The number of methoxy groups -OCH3 is 1. The lowest BCUT2D eigenvalue weighted by Gasteiger charge is -2.10. The number of hydrogen-bond acceptors (Lipinski definition) is 4. The Hall–Kier alpha value is -1.53. The highest BCUT2D eigenvalue weighted by Gasteiger charge is 2.18. The van der Waals surface area contributed by atoms with Crippen LogP contribution in [0.15, 0.2) is 34.7 Å². The van der Waals surface area contributed by atoms with Crippen LogP contribution in [0.4, 0.5) is 5.69 Å². The number of allylic oxidation sites excluding steroid dienone is 1. The van der Waals surface area contributed by atoms with Gasteiger partial charge < -0.3 is 10.5 Å². The molecular formula is C12H18N2O3S. The Morgan fingerprint density at radius 1 is 1.44 bits per heavy atom. The van der Waals surface area contributed by atoms with Crippen LogP contribution in [0.1, 0.15) is 13.8 Å². The van der Waals surface area contributed by atoms with E-state index in [0.29, 0.717) is 5.69 Å². The fourth-order valence-electron chi connectivity index (χ4n) is 1.34. The topological polar surface area (TPSA) is 81.4 Å². The molecule has 6 heteroatoms. The number of ether oxygens (including phenoxy) is 1. The summed E-state index contributed by atoms with van der Waals surface area (Å²) >= 11 is 0. The number of nitrogens with one attached hydrogen (secondary N) is 1. The van der Waals surface area contributed by atoms with Gasteiger partial charge in [-0.05, 0) is 26.0 Å². The van der Waals surface area contributed by atoms with Crippen LogP contribution >= 0.6 is 0 Å². The molecule has 0 aliphatic carbocycles. The molecule has 5 nitrogen and oxygen atoms in total. The predicted molar refractivity (Wildman–Crippen MR) is 72.0 cm³/mol. The molecule has 0 unspecified atom stereocenters.